The van der Waals surface area contributed by atoms with Crippen LogP contribution < -0.4 is 5.73 Å². The van der Waals surface area contributed by atoms with Crippen molar-refractivity contribution in [3.8, 4) is 5.69 Å². The number of aromatic nitrogens is 2. The maximum absolute atomic E-state index is 13.8. The number of nitrogens with two attached hydrogens (primary N) is 1. The molecule has 1 aromatic heterocycles. The van der Waals surface area contributed by atoms with E-state index in [0.29, 0.717) is 19.7 Å². The molecule has 1 aliphatic rings. The minimum atomic E-state index is -0.633. The summed E-state index contributed by atoms with van der Waals surface area (Å²) in [7, 11) is 0. The SMILES string of the molecule is NCC1CN(Cc2ccn(-c3c(F)cccc3F)n2)CCCO1. The molecule has 2 heterocycles. The quantitative estimate of drug-likeness (QED) is 0.931. The summed E-state index contributed by atoms with van der Waals surface area (Å²) in [6.45, 7) is 3.40. The van der Waals surface area contributed by atoms with Gasteiger partial charge in [-0.3, -0.25) is 4.90 Å². The minimum Gasteiger partial charge on any atom is -0.376 e. The molecule has 1 saturated heterocycles. The Morgan fingerprint density at radius 2 is 2.04 bits per heavy atom. The average Bonchev–Trinajstić information content (AvgIpc) is 2.85. The predicted octanol–water partition coefficient (Wildman–Crippen LogP) is 1.70. The Balaban J connectivity index is 1.74. The second kappa shape index (κ2) is 7.16. The molecule has 1 fully saturated rings. The van der Waals surface area contributed by atoms with Gasteiger partial charge in [-0.2, -0.15) is 5.10 Å². The third kappa shape index (κ3) is 3.74. The predicted molar refractivity (Wildman–Crippen MR) is 82.2 cm³/mol. The van der Waals surface area contributed by atoms with Crippen LogP contribution in [-0.2, 0) is 11.3 Å². The second-order valence-electron chi connectivity index (χ2n) is 5.64. The van der Waals surface area contributed by atoms with Gasteiger partial charge < -0.3 is 10.5 Å². The van der Waals surface area contributed by atoms with Crippen LogP contribution in [-0.4, -0.2) is 47.0 Å². The Morgan fingerprint density at radius 3 is 2.78 bits per heavy atom. The zero-order valence-electron chi connectivity index (χ0n) is 12.8. The molecule has 0 saturated carbocycles. The molecule has 0 radical (unpaired) electrons. The number of nitrogens with zero attached hydrogens (tertiary/aromatic N) is 3. The van der Waals surface area contributed by atoms with Crippen molar-refractivity contribution < 1.29 is 13.5 Å². The molecule has 124 valence electrons. The Hall–Kier alpha value is -1.83. The van der Waals surface area contributed by atoms with Gasteiger partial charge >= 0.3 is 0 Å². The fraction of sp³-hybridized carbons (Fsp3) is 0.438. The van der Waals surface area contributed by atoms with E-state index in [1.54, 1.807) is 12.3 Å². The zero-order valence-corrected chi connectivity index (χ0v) is 12.8. The molecular weight excluding hydrogens is 302 g/mol. The van der Waals surface area contributed by atoms with Crippen molar-refractivity contribution in [2.24, 2.45) is 5.73 Å². The van der Waals surface area contributed by atoms with E-state index in [0.717, 1.165) is 25.2 Å². The van der Waals surface area contributed by atoms with Crippen molar-refractivity contribution in [2.75, 3.05) is 26.2 Å². The van der Waals surface area contributed by atoms with Crippen molar-refractivity contribution in [1.82, 2.24) is 14.7 Å². The molecule has 0 bridgehead atoms. The van der Waals surface area contributed by atoms with Gasteiger partial charge in [-0.05, 0) is 24.6 Å². The van der Waals surface area contributed by atoms with E-state index in [-0.39, 0.29) is 11.8 Å². The standard InChI is InChI=1S/C16H20F2N4O/c17-14-3-1-4-15(18)16(14)22-7-5-12(20-22)10-21-6-2-8-23-13(9-19)11-21/h1,3-5,7,13H,2,6,8-11,19H2. The van der Waals surface area contributed by atoms with Crippen LogP contribution in [0.2, 0.25) is 0 Å². The zero-order chi connectivity index (χ0) is 16.2. The van der Waals surface area contributed by atoms with Gasteiger partial charge in [0.1, 0.15) is 5.69 Å². The van der Waals surface area contributed by atoms with Gasteiger partial charge in [-0.25, -0.2) is 13.5 Å². The second-order valence-corrected chi connectivity index (χ2v) is 5.64. The van der Waals surface area contributed by atoms with E-state index in [2.05, 4.69) is 10.00 Å². The molecule has 0 amide bonds. The normalized spacial score (nSPS) is 19.7. The van der Waals surface area contributed by atoms with Crippen LogP contribution in [0.5, 0.6) is 0 Å². The van der Waals surface area contributed by atoms with E-state index in [9.17, 15) is 8.78 Å². The summed E-state index contributed by atoms with van der Waals surface area (Å²) in [5.41, 5.74) is 6.29. The first-order chi connectivity index (χ1) is 11.2. The summed E-state index contributed by atoms with van der Waals surface area (Å²) in [6, 6.07) is 5.55. The topological polar surface area (TPSA) is 56.3 Å². The number of para-hydroxylation sites is 1. The molecule has 1 unspecified atom stereocenters. The van der Waals surface area contributed by atoms with E-state index in [1.807, 2.05) is 0 Å². The molecule has 23 heavy (non-hydrogen) atoms. The molecule has 1 atom stereocenters. The molecule has 2 aromatic rings. The van der Waals surface area contributed by atoms with E-state index < -0.39 is 11.6 Å². The molecule has 5 nitrogen and oxygen atoms in total. The van der Waals surface area contributed by atoms with Crippen molar-refractivity contribution >= 4 is 0 Å². The highest BCUT2D eigenvalue weighted by Gasteiger charge is 2.19. The van der Waals surface area contributed by atoms with Crippen LogP contribution >= 0.6 is 0 Å². The molecule has 1 aliphatic heterocycles. The first-order valence-electron chi connectivity index (χ1n) is 7.70. The minimum absolute atomic E-state index is 0.0172. The summed E-state index contributed by atoms with van der Waals surface area (Å²) in [5.74, 6) is -1.27. The number of hydrogen-bond donors (Lipinski definition) is 1. The lowest BCUT2D eigenvalue weighted by Crippen LogP contribution is -2.35. The van der Waals surface area contributed by atoms with E-state index >= 15 is 0 Å². The largest absolute Gasteiger partial charge is 0.376 e. The van der Waals surface area contributed by atoms with Crippen LogP contribution in [0, 0.1) is 11.6 Å². The van der Waals surface area contributed by atoms with E-state index in [4.69, 9.17) is 10.5 Å². The highest BCUT2D eigenvalue weighted by atomic mass is 19.1. The number of halogens is 2. The molecule has 0 spiro atoms. The Labute approximate surface area is 133 Å². The van der Waals surface area contributed by atoms with Gasteiger partial charge in [0.25, 0.3) is 0 Å². The van der Waals surface area contributed by atoms with Crippen LogP contribution in [0.1, 0.15) is 12.1 Å². The third-order valence-corrected chi connectivity index (χ3v) is 3.89. The first kappa shape index (κ1) is 16.0. The summed E-state index contributed by atoms with van der Waals surface area (Å²) in [4.78, 5) is 2.20. The van der Waals surface area contributed by atoms with Crippen LogP contribution in [0.25, 0.3) is 5.69 Å². The maximum Gasteiger partial charge on any atom is 0.151 e. The molecule has 1 aromatic carbocycles. The van der Waals surface area contributed by atoms with Gasteiger partial charge in [0.05, 0.1) is 11.8 Å². The molecule has 3 rings (SSSR count). The number of ether oxygens (including phenoxy) is 1. The summed E-state index contributed by atoms with van der Waals surface area (Å²) in [6.07, 6.45) is 2.52. The van der Waals surface area contributed by atoms with Gasteiger partial charge in [-0.15, -0.1) is 0 Å². The molecule has 0 aliphatic carbocycles. The summed E-state index contributed by atoms with van der Waals surface area (Å²) in [5, 5.41) is 4.30. The van der Waals surface area contributed by atoms with Crippen molar-refractivity contribution in [3.05, 3.63) is 47.8 Å². The van der Waals surface area contributed by atoms with Crippen LogP contribution in [0.4, 0.5) is 8.78 Å². The monoisotopic (exact) mass is 322 g/mol. The van der Waals surface area contributed by atoms with Gasteiger partial charge in [0.15, 0.2) is 11.6 Å². The van der Waals surface area contributed by atoms with E-state index in [1.165, 1.54) is 22.9 Å². The smallest absolute Gasteiger partial charge is 0.151 e. The fourth-order valence-corrected chi connectivity index (χ4v) is 2.76. The molecule has 2 N–H and O–H groups in total. The third-order valence-electron chi connectivity index (χ3n) is 3.89. The lowest BCUT2D eigenvalue weighted by Gasteiger charge is -2.21. The summed E-state index contributed by atoms with van der Waals surface area (Å²) >= 11 is 0. The van der Waals surface area contributed by atoms with Crippen molar-refractivity contribution in [2.45, 2.75) is 19.1 Å². The number of rotatable bonds is 4. The Kier molecular flexibility index (Phi) is 5.00. The molecular formula is C16H20F2N4O. The van der Waals surface area contributed by atoms with Gasteiger partial charge in [0, 0.05) is 39.0 Å². The number of benzene rings is 1. The lowest BCUT2D eigenvalue weighted by molar-refractivity contribution is 0.0594. The first-order valence-corrected chi connectivity index (χ1v) is 7.70. The van der Waals surface area contributed by atoms with Crippen LogP contribution in [0.3, 0.4) is 0 Å². The Morgan fingerprint density at radius 1 is 1.26 bits per heavy atom. The fourth-order valence-electron chi connectivity index (χ4n) is 2.76. The van der Waals surface area contributed by atoms with Gasteiger partial charge in [-0.1, -0.05) is 6.07 Å². The highest BCUT2D eigenvalue weighted by molar-refractivity contribution is 5.34. The average molecular weight is 322 g/mol. The highest BCUT2D eigenvalue weighted by Crippen LogP contribution is 2.17. The maximum atomic E-state index is 13.8. The molecule has 7 heteroatoms. The number of hydrogen-bond acceptors (Lipinski definition) is 4. The Bertz CT molecular complexity index is 641. The lowest BCUT2D eigenvalue weighted by atomic mass is 10.3. The van der Waals surface area contributed by atoms with Crippen LogP contribution in [0.15, 0.2) is 30.5 Å². The summed E-state index contributed by atoms with van der Waals surface area (Å²) < 4.78 is 34.5. The van der Waals surface area contributed by atoms with Crippen molar-refractivity contribution in [3.63, 3.8) is 0 Å². The van der Waals surface area contributed by atoms with Gasteiger partial charge in [0.2, 0.25) is 0 Å². The van der Waals surface area contributed by atoms with Crippen molar-refractivity contribution in [1.29, 1.82) is 0 Å².